The Hall–Kier alpha value is -2.82. The van der Waals surface area contributed by atoms with Gasteiger partial charge in [-0.05, 0) is 42.3 Å². The van der Waals surface area contributed by atoms with Gasteiger partial charge in [0.1, 0.15) is 5.75 Å². The molecule has 0 aliphatic carbocycles. The number of phenols is 1. The van der Waals surface area contributed by atoms with Crippen LogP contribution in [0.3, 0.4) is 0 Å². The van der Waals surface area contributed by atoms with Crippen molar-refractivity contribution in [1.82, 2.24) is 0 Å². The lowest BCUT2D eigenvalue weighted by atomic mass is 10.1. The highest BCUT2D eigenvalue weighted by molar-refractivity contribution is 5.93. The van der Waals surface area contributed by atoms with Crippen LogP contribution in [0.4, 0.5) is 0 Å². The minimum atomic E-state index is -1.13. The maximum atomic E-state index is 10.4. The van der Waals surface area contributed by atoms with E-state index in [0.29, 0.717) is 5.75 Å². The minimum Gasteiger partial charge on any atom is -0.508 e. The van der Waals surface area contributed by atoms with E-state index in [1.165, 1.54) is 23.8 Å². The first-order valence-electron chi connectivity index (χ1n) is 6.78. The summed E-state index contributed by atoms with van der Waals surface area (Å²) >= 11 is 0. The van der Waals surface area contributed by atoms with Gasteiger partial charge in [-0.25, -0.2) is 9.59 Å². The van der Waals surface area contributed by atoms with E-state index in [0.717, 1.165) is 18.9 Å². The van der Waals surface area contributed by atoms with E-state index >= 15 is 0 Å². The van der Waals surface area contributed by atoms with Crippen LogP contribution in [0.25, 0.3) is 0 Å². The van der Waals surface area contributed by atoms with Crippen molar-refractivity contribution < 1.29 is 24.9 Å². The van der Waals surface area contributed by atoms with Gasteiger partial charge in [-0.1, -0.05) is 31.5 Å². The number of aromatic hydroxyl groups is 1. The van der Waals surface area contributed by atoms with Crippen LogP contribution in [-0.2, 0) is 6.42 Å². The second-order valence-corrected chi connectivity index (χ2v) is 4.61. The molecule has 0 radical (unpaired) electrons. The molecule has 0 atom stereocenters. The number of hydrogen-bond donors (Lipinski definition) is 3. The molecule has 0 saturated heterocycles. The molecule has 5 heteroatoms. The SMILES string of the molecule is CCCc1ccc(O)cc1.O=C(O)c1cccc(C(=O)O)c1. The number of phenolic OH excluding ortho intramolecular Hbond substituents is 1. The minimum absolute atomic E-state index is 0.0186. The summed E-state index contributed by atoms with van der Waals surface area (Å²) in [5.74, 6) is -1.91. The number of carbonyl (C=O) groups is 2. The lowest BCUT2D eigenvalue weighted by Crippen LogP contribution is -2.01. The Morgan fingerprint density at radius 1 is 0.909 bits per heavy atom. The molecule has 0 spiro atoms. The summed E-state index contributed by atoms with van der Waals surface area (Å²) in [6.45, 7) is 2.15. The number of benzene rings is 2. The lowest BCUT2D eigenvalue weighted by molar-refractivity contribution is 0.0696. The smallest absolute Gasteiger partial charge is 0.335 e. The van der Waals surface area contributed by atoms with Crippen molar-refractivity contribution in [3.8, 4) is 5.75 Å². The molecule has 0 aromatic heterocycles. The van der Waals surface area contributed by atoms with E-state index < -0.39 is 11.9 Å². The second kappa shape index (κ2) is 8.46. The quantitative estimate of drug-likeness (QED) is 0.804. The fourth-order valence-electron chi connectivity index (χ4n) is 1.74. The van der Waals surface area contributed by atoms with Gasteiger partial charge in [0.2, 0.25) is 0 Å². The largest absolute Gasteiger partial charge is 0.508 e. The standard InChI is InChI=1S/C9H12O.C8H6O4/c1-2-3-8-4-6-9(10)7-5-8;9-7(10)5-2-1-3-6(4-5)8(11)12/h4-7,10H,2-3H2,1H3;1-4H,(H,9,10)(H,11,12). The number of hydrogen-bond acceptors (Lipinski definition) is 3. The summed E-state index contributed by atoms with van der Waals surface area (Å²) in [6.07, 6.45) is 2.26. The van der Waals surface area contributed by atoms with Gasteiger partial charge in [0.05, 0.1) is 11.1 Å². The summed E-state index contributed by atoms with van der Waals surface area (Å²) in [5, 5.41) is 25.9. The second-order valence-electron chi connectivity index (χ2n) is 4.61. The average molecular weight is 302 g/mol. The van der Waals surface area contributed by atoms with Crippen LogP contribution >= 0.6 is 0 Å². The average Bonchev–Trinajstić information content (AvgIpc) is 2.50. The zero-order valence-corrected chi connectivity index (χ0v) is 12.2. The number of carboxylic acid groups (broad SMARTS) is 2. The molecule has 0 heterocycles. The molecule has 2 rings (SSSR count). The molecule has 0 aliphatic heterocycles. The summed E-state index contributed by atoms with van der Waals surface area (Å²) < 4.78 is 0. The molecule has 116 valence electrons. The Kier molecular flexibility index (Phi) is 6.63. The third-order valence-corrected chi connectivity index (χ3v) is 2.83. The molecule has 0 aliphatic rings. The van der Waals surface area contributed by atoms with Crippen molar-refractivity contribution in [3.63, 3.8) is 0 Å². The first-order valence-corrected chi connectivity index (χ1v) is 6.78. The molecule has 3 N–H and O–H groups in total. The monoisotopic (exact) mass is 302 g/mol. The Balaban J connectivity index is 0.000000224. The molecule has 22 heavy (non-hydrogen) atoms. The molecule has 0 amide bonds. The van der Waals surface area contributed by atoms with Crippen molar-refractivity contribution in [1.29, 1.82) is 0 Å². The molecule has 0 saturated carbocycles. The molecular formula is C17H18O5. The van der Waals surface area contributed by atoms with E-state index in [-0.39, 0.29) is 11.1 Å². The van der Waals surface area contributed by atoms with Crippen LogP contribution < -0.4 is 0 Å². The van der Waals surface area contributed by atoms with E-state index in [4.69, 9.17) is 15.3 Å². The van der Waals surface area contributed by atoms with Gasteiger partial charge < -0.3 is 15.3 Å². The third kappa shape index (κ3) is 5.66. The van der Waals surface area contributed by atoms with Gasteiger partial charge in [-0.15, -0.1) is 0 Å². The fraction of sp³-hybridized carbons (Fsp3) is 0.176. The van der Waals surface area contributed by atoms with Crippen LogP contribution in [0.5, 0.6) is 5.75 Å². The molecule has 0 bridgehead atoms. The summed E-state index contributed by atoms with van der Waals surface area (Å²) in [7, 11) is 0. The first kappa shape index (κ1) is 17.2. The Morgan fingerprint density at radius 3 is 1.82 bits per heavy atom. The van der Waals surface area contributed by atoms with Crippen LogP contribution in [0.1, 0.15) is 39.6 Å². The van der Waals surface area contributed by atoms with E-state index in [9.17, 15) is 9.59 Å². The predicted molar refractivity (Wildman–Crippen MR) is 82.5 cm³/mol. The first-order chi connectivity index (χ1) is 10.4. The number of rotatable bonds is 4. The zero-order chi connectivity index (χ0) is 16.5. The van der Waals surface area contributed by atoms with Crippen molar-refractivity contribution in [2.45, 2.75) is 19.8 Å². The topological polar surface area (TPSA) is 94.8 Å². The van der Waals surface area contributed by atoms with Crippen LogP contribution in [0.15, 0.2) is 48.5 Å². The predicted octanol–water partition coefficient (Wildman–Crippen LogP) is 3.43. The molecule has 5 nitrogen and oxygen atoms in total. The van der Waals surface area contributed by atoms with Gasteiger partial charge >= 0.3 is 11.9 Å². The normalized spacial score (nSPS) is 9.50. The van der Waals surface area contributed by atoms with Gasteiger partial charge in [-0.2, -0.15) is 0 Å². The van der Waals surface area contributed by atoms with Crippen molar-refractivity contribution >= 4 is 11.9 Å². The van der Waals surface area contributed by atoms with Gasteiger partial charge in [0.15, 0.2) is 0 Å². The Bertz CT molecular complexity index is 603. The zero-order valence-electron chi connectivity index (χ0n) is 12.2. The highest BCUT2D eigenvalue weighted by Crippen LogP contribution is 2.10. The van der Waals surface area contributed by atoms with Crippen molar-refractivity contribution in [3.05, 3.63) is 65.2 Å². The maximum Gasteiger partial charge on any atom is 0.335 e. The van der Waals surface area contributed by atoms with Crippen LogP contribution in [0.2, 0.25) is 0 Å². The third-order valence-electron chi connectivity index (χ3n) is 2.83. The van der Waals surface area contributed by atoms with Crippen LogP contribution in [0, 0.1) is 0 Å². The number of aryl methyl sites for hydroxylation is 1. The van der Waals surface area contributed by atoms with E-state index in [1.54, 1.807) is 12.1 Å². The molecule has 0 fully saturated rings. The fourth-order valence-corrected chi connectivity index (χ4v) is 1.74. The summed E-state index contributed by atoms with van der Waals surface area (Å²) in [6, 6.07) is 12.6. The maximum absolute atomic E-state index is 10.4. The number of carboxylic acids is 2. The molecular weight excluding hydrogens is 284 g/mol. The lowest BCUT2D eigenvalue weighted by Gasteiger charge is -1.96. The Morgan fingerprint density at radius 2 is 1.41 bits per heavy atom. The van der Waals surface area contributed by atoms with E-state index in [2.05, 4.69) is 6.92 Å². The molecule has 2 aromatic carbocycles. The molecule has 0 unspecified atom stereocenters. The van der Waals surface area contributed by atoms with E-state index in [1.807, 2.05) is 12.1 Å². The van der Waals surface area contributed by atoms with Crippen molar-refractivity contribution in [2.75, 3.05) is 0 Å². The Labute approximate surface area is 128 Å². The van der Waals surface area contributed by atoms with Crippen molar-refractivity contribution in [2.24, 2.45) is 0 Å². The summed E-state index contributed by atoms with van der Waals surface area (Å²) in [5.41, 5.74) is 1.25. The highest BCUT2D eigenvalue weighted by Gasteiger charge is 2.06. The van der Waals surface area contributed by atoms with Gasteiger partial charge in [0.25, 0.3) is 0 Å². The van der Waals surface area contributed by atoms with Gasteiger partial charge in [-0.3, -0.25) is 0 Å². The summed E-state index contributed by atoms with van der Waals surface area (Å²) in [4.78, 5) is 20.8. The highest BCUT2D eigenvalue weighted by atomic mass is 16.4. The van der Waals surface area contributed by atoms with Gasteiger partial charge in [0, 0.05) is 0 Å². The number of aromatic carboxylic acids is 2. The van der Waals surface area contributed by atoms with Crippen LogP contribution in [-0.4, -0.2) is 27.3 Å². The molecule has 2 aromatic rings.